The highest BCUT2D eigenvalue weighted by Gasteiger charge is 2.17. The number of rotatable bonds is 4. The van der Waals surface area contributed by atoms with E-state index in [9.17, 15) is 13.6 Å². The Morgan fingerprint density at radius 3 is 2.76 bits per heavy atom. The molecule has 0 radical (unpaired) electrons. The Morgan fingerprint density at radius 1 is 1.29 bits per heavy atom. The molecule has 1 heterocycles. The summed E-state index contributed by atoms with van der Waals surface area (Å²) in [7, 11) is 0. The molecule has 2 aromatic rings. The van der Waals surface area contributed by atoms with E-state index in [1.54, 1.807) is 6.92 Å². The van der Waals surface area contributed by atoms with Crippen molar-refractivity contribution in [1.82, 2.24) is 4.98 Å². The number of halogens is 3. The maximum atomic E-state index is 14.1. The number of amides is 1. The molecule has 0 aliphatic carbocycles. The minimum atomic E-state index is -0.792. The summed E-state index contributed by atoms with van der Waals surface area (Å²) < 4.78 is 27.8. The molecule has 7 heteroatoms. The van der Waals surface area contributed by atoms with E-state index in [4.69, 9.17) is 11.6 Å². The van der Waals surface area contributed by atoms with E-state index in [-0.39, 0.29) is 22.1 Å². The predicted octanol–water partition coefficient (Wildman–Crippen LogP) is 3.70. The molecule has 2 N–H and O–H groups in total. The first-order chi connectivity index (χ1) is 10.0. The van der Waals surface area contributed by atoms with E-state index in [0.29, 0.717) is 6.54 Å². The van der Waals surface area contributed by atoms with Crippen LogP contribution in [0.4, 0.5) is 20.3 Å². The topological polar surface area (TPSA) is 54.0 Å². The van der Waals surface area contributed by atoms with Gasteiger partial charge in [-0.2, -0.15) is 0 Å². The third-order valence-electron chi connectivity index (χ3n) is 2.68. The van der Waals surface area contributed by atoms with Crippen molar-refractivity contribution in [2.75, 3.05) is 17.2 Å². The van der Waals surface area contributed by atoms with Gasteiger partial charge in [-0.15, -0.1) is 0 Å². The first-order valence-electron chi connectivity index (χ1n) is 6.18. The number of anilines is 2. The SMILES string of the molecule is CCNc1nccc(C(=O)Nc2cccc(Cl)c2F)c1F. The maximum absolute atomic E-state index is 14.1. The van der Waals surface area contributed by atoms with Crippen molar-refractivity contribution in [1.29, 1.82) is 0 Å². The van der Waals surface area contributed by atoms with Gasteiger partial charge < -0.3 is 10.6 Å². The third kappa shape index (κ3) is 3.28. The fourth-order valence-electron chi connectivity index (χ4n) is 1.70. The molecule has 1 aromatic heterocycles. The average molecular weight is 312 g/mol. The lowest BCUT2D eigenvalue weighted by Crippen LogP contribution is -2.16. The second kappa shape index (κ2) is 6.49. The molecule has 21 heavy (non-hydrogen) atoms. The molecule has 110 valence electrons. The van der Waals surface area contributed by atoms with E-state index in [0.717, 1.165) is 0 Å². The van der Waals surface area contributed by atoms with Gasteiger partial charge in [0.1, 0.15) is 0 Å². The van der Waals surface area contributed by atoms with Crippen LogP contribution in [0, 0.1) is 11.6 Å². The molecule has 0 fully saturated rings. The smallest absolute Gasteiger partial charge is 0.258 e. The van der Waals surface area contributed by atoms with Gasteiger partial charge in [0, 0.05) is 12.7 Å². The summed E-state index contributed by atoms with van der Waals surface area (Å²) in [6.07, 6.45) is 1.30. The van der Waals surface area contributed by atoms with Gasteiger partial charge in [0.05, 0.1) is 16.3 Å². The number of carbonyl (C=O) groups excluding carboxylic acids is 1. The number of hydrogen-bond donors (Lipinski definition) is 2. The van der Waals surface area contributed by atoms with Crippen molar-refractivity contribution in [2.24, 2.45) is 0 Å². The van der Waals surface area contributed by atoms with Crippen LogP contribution in [0.3, 0.4) is 0 Å². The van der Waals surface area contributed by atoms with Gasteiger partial charge in [0.15, 0.2) is 17.5 Å². The molecule has 0 atom stereocenters. The highest BCUT2D eigenvalue weighted by Crippen LogP contribution is 2.23. The van der Waals surface area contributed by atoms with Crippen molar-refractivity contribution >= 4 is 29.0 Å². The normalized spacial score (nSPS) is 10.3. The lowest BCUT2D eigenvalue weighted by Gasteiger charge is -2.10. The zero-order valence-corrected chi connectivity index (χ0v) is 11.8. The van der Waals surface area contributed by atoms with Crippen LogP contribution in [-0.4, -0.2) is 17.4 Å². The number of aromatic nitrogens is 1. The van der Waals surface area contributed by atoms with Crippen molar-refractivity contribution in [3.63, 3.8) is 0 Å². The van der Waals surface area contributed by atoms with Crippen LogP contribution in [0.15, 0.2) is 30.5 Å². The second-order valence-corrected chi connectivity index (χ2v) is 4.51. The van der Waals surface area contributed by atoms with Gasteiger partial charge >= 0.3 is 0 Å². The number of nitrogens with zero attached hydrogens (tertiary/aromatic N) is 1. The van der Waals surface area contributed by atoms with Gasteiger partial charge in [0.2, 0.25) is 0 Å². The Morgan fingerprint density at radius 2 is 2.05 bits per heavy atom. The molecule has 1 aromatic carbocycles. The Balaban J connectivity index is 2.29. The highest BCUT2D eigenvalue weighted by atomic mass is 35.5. The first-order valence-corrected chi connectivity index (χ1v) is 6.56. The molecule has 0 aliphatic heterocycles. The van der Waals surface area contributed by atoms with Gasteiger partial charge in [-0.1, -0.05) is 17.7 Å². The van der Waals surface area contributed by atoms with Crippen LogP contribution in [-0.2, 0) is 0 Å². The van der Waals surface area contributed by atoms with E-state index >= 15 is 0 Å². The Kier molecular flexibility index (Phi) is 4.70. The molecule has 1 amide bonds. The first kappa shape index (κ1) is 15.2. The van der Waals surface area contributed by atoms with Crippen molar-refractivity contribution in [2.45, 2.75) is 6.92 Å². The summed E-state index contributed by atoms with van der Waals surface area (Å²) in [6.45, 7) is 2.23. The van der Waals surface area contributed by atoms with E-state index in [2.05, 4.69) is 15.6 Å². The van der Waals surface area contributed by atoms with Crippen molar-refractivity contribution in [3.05, 3.63) is 52.7 Å². The summed E-state index contributed by atoms with van der Waals surface area (Å²) in [6, 6.07) is 5.38. The van der Waals surface area contributed by atoms with E-state index in [1.807, 2.05) is 0 Å². The minimum Gasteiger partial charge on any atom is -0.368 e. The number of hydrogen-bond acceptors (Lipinski definition) is 3. The third-order valence-corrected chi connectivity index (χ3v) is 2.97. The molecule has 0 saturated heterocycles. The Labute approximate surface area is 125 Å². The Bertz CT molecular complexity index is 679. The molecular formula is C14H12ClF2N3O. The van der Waals surface area contributed by atoms with Gasteiger partial charge in [0.25, 0.3) is 5.91 Å². The van der Waals surface area contributed by atoms with Crippen LogP contribution in [0.2, 0.25) is 5.02 Å². The van der Waals surface area contributed by atoms with Crippen molar-refractivity contribution in [3.8, 4) is 0 Å². The van der Waals surface area contributed by atoms with E-state index < -0.39 is 17.5 Å². The van der Waals surface area contributed by atoms with Gasteiger partial charge in [-0.25, -0.2) is 13.8 Å². The Hall–Kier alpha value is -2.21. The maximum Gasteiger partial charge on any atom is 0.258 e. The van der Waals surface area contributed by atoms with Crippen molar-refractivity contribution < 1.29 is 13.6 Å². The van der Waals surface area contributed by atoms with Crippen LogP contribution >= 0.6 is 11.6 Å². The largest absolute Gasteiger partial charge is 0.368 e. The summed E-state index contributed by atoms with van der Waals surface area (Å²) in [4.78, 5) is 15.8. The summed E-state index contributed by atoms with van der Waals surface area (Å²) in [5.41, 5.74) is -0.353. The highest BCUT2D eigenvalue weighted by molar-refractivity contribution is 6.31. The lowest BCUT2D eigenvalue weighted by atomic mass is 10.2. The van der Waals surface area contributed by atoms with Crippen LogP contribution in [0.25, 0.3) is 0 Å². The zero-order valence-electron chi connectivity index (χ0n) is 11.1. The van der Waals surface area contributed by atoms with E-state index in [1.165, 1.54) is 30.5 Å². The molecule has 4 nitrogen and oxygen atoms in total. The van der Waals surface area contributed by atoms with Crippen LogP contribution < -0.4 is 10.6 Å². The zero-order chi connectivity index (χ0) is 15.4. The summed E-state index contributed by atoms with van der Waals surface area (Å²) >= 11 is 5.62. The molecule has 0 bridgehead atoms. The summed E-state index contributed by atoms with van der Waals surface area (Å²) in [5.74, 6) is -2.37. The van der Waals surface area contributed by atoms with Crippen LogP contribution in [0.1, 0.15) is 17.3 Å². The minimum absolute atomic E-state index is 0.0308. The van der Waals surface area contributed by atoms with Gasteiger partial charge in [-0.3, -0.25) is 4.79 Å². The fraction of sp³-hybridized carbons (Fsp3) is 0.143. The molecule has 0 spiro atoms. The molecule has 2 rings (SSSR count). The number of benzene rings is 1. The van der Waals surface area contributed by atoms with Gasteiger partial charge in [-0.05, 0) is 25.1 Å². The standard InChI is InChI=1S/C14H12ClF2N3O/c1-2-18-13-11(16)8(6-7-19-13)14(21)20-10-5-3-4-9(15)12(10)17/h3-7H,2H2,1H3,(H,18,19)(H,20,21). The number of carbonyl (C=O) groups is 1. The number of pyridine rings is 1. The lowest BCUT2D eigenvalue weighted by molar-refractivity contribution is 0.102. The quantitative estimate of drug-likeness (QED) is 0.905. The predicted molar refractivity (Wildman–Crippen MR) is 77.7 cm³/mol. The van der Waals surface area contributed by atoms with Crippen LogP contribution in [0.5, 0.6) is 0 Å². The molecule has 0 saturated carbocycles. The second-order valence-electron chi connectivity index (χ2n) is 4.11. The number of nitrogens with one attached hydrogen (secondary N) is 2. The monoisotopic (exact) mass is 311 g/mol. The molecule has 0 aliphatic rings. The molecular weight excluding hydrogens is 300 g/mol. The summed E-state index contributed by atoms with van der Waals surface area (Å²) in [5, 5.41) is 4.85. The molecule has 0 unspecified atom stereocenters. The average Bonchev–Trinajstić information content (AvgIpc) is 2.46. The fourth-order valence-corrected chi connectivity index (χ4v) is 1.87.